The molecule has 1 aromatic carbocycles. The van der Waals surface area contributed by atoms with Crippen molar-refractivity contribution in [2.24, 2.45) is 5.92 Å². The third kappa shape index (κ3) is 4.45. The molecule has 26 heavy (non-hydrogen) atoms. The van der Waals surface area contributed by atoms with Crippen LogP contribution in [-0.2, 0) is 10.0 Å². The van der Waals surface area contributed by atoms with Gasteiger partial charge in [-0.05, 0) is 69.3 Å². The van der Waals surface area contributed by atoms with Crippen LogP contribution in [0.25, 0.3) is 0 Å². The van der Waals surface area contributed by atoms with Gasteiger partial charge in [0.25, 0.3) is 5.91 Å². The summed E-state index contributed by atoms with van der Waals surface area (Å²) in [5.74, 6) is 0.435. The Morgan fingerprint density at radius 1 is 1.12 bits per heavy atom. The average molecular weight is 380 g/mol. The summed E-state index contributed by atoms with van der Waals surface area (Å²) in [5.41, 5.74) is 0.502. The number of nitrogens with one attached hydrogen (secondary N) is 2. The van der Waals surface area contributed by atoms with E-state index in [2.05, 4.69) is 24.5 Å². The summed E-state index contributed by atoms with van der Waals surface area (Å²) in [6.07, 6.45) is 3.62. The molecule has 2 aliphatic heterocycles. The number of hydrogen-bond acceptors (Lipinski definition) is 4. The van der Waals surface area contributed by atoms with E-state index in [0.717, 1.165) is 32.2 Å². The summed E-state index contributed by atoms with van der Waals surface area (Å²) in [5, 5.41) is 6.41. The minimum atomic E-state index is -3.47. The molecule has 6 nitrogen and oxygen atoms in total. The largest absolute Gasteiger partial charge is 0.349 e. The first-order valence-corrected chi connectivity index (χ1v) is 10.9. The van der Waals surface area contributed by atoms with E-state index >= 15 is 0 Å². The zero-order valence-electron chi connectivity index (χ0n) is 15.6. The molecule has 0 saturated carbocycles. The first kappa shape index (κ1) is 19.3. The van der Waals surface area contributed by atoms with Crippen LogP contribution in [0.1, 0.15) is 49.9 Å². The molecular weight excluding hydrogens is 350 g/mol. The maximum atomic E-state index is 12.7. The van der Waals surface area contributed by atoms with Crippen LogP contribution in [0.5, 0.6) is 0 Å². The molecule has 2 atom stereocenters. The van der Waals surface area contributed by atoms with Gasteiger partial charge in [-0.3, -0.25) is 4.79 Å². The van der Waals surface area contributed by atoms with Crippen molar-refractivity contribution in [1.29, 1.82) is 0 Å². The van der Waals surface area contributed by atoms with E-state index in [1.54, 1.807) is 28.6 Å². The minimum absolute atomic E-state index is 0.139. The number of carbonyl (C=O) groups is 1. The number of benzene rings is 1. The van der Waals surface area contributed by atoms with Crippen molar-refractivity contribution in [2.45, 2.75) is 56.5 Å². The molecule has 1 aromatic rings. The fourth-order valence-electron chi connectivity index (χ4n) is 3.68. The molecular formula is C19H29N3O3S. The van der Waals surface area contributed by atoms with Gasteiger partial charge in [0, 0.05) is 30.7 Å². The lowest BCUT2D eigenvalue weighted by Crippen LogP contribution is -2.46. The average Bonchev–Trinajstić information content (AvgIpc) is 2.62. The fourth-order valence-corrected chi connectivity index (χ4v) is 5.15. The van der Waals surface area contributed by atoms with Crippen LogP contribution in [0.2, 0.25) is 0 Å². The highest BCUT2D eigenvalue weighted by molar-refractivity contribution is 7.89. The molecule has 0 radical (unpaired) electrons. The van der Waals surface area contributed by atoms with Crippen molar-refractivity contribution in [3.63, 3.8) is 0 Å². The maximum absolute atomic E-state index is 12.7. The number of carbonyl (C=O) groups excluding carboxylic acids is 1. The van der Waals surface area contributed by atoms with Crippen LogP contribution < -0.4 is 10.6 Å². The molecule has 2 heterocycles. The number of piperidine rings is 2. The molecule has 3 rings (SSSR count). The van der Waals surface area contributed by atoms with Crippen molar-refractivity contribution in [3.05, 3.63) is 29.8 Å². The topological polar surface area (TPSA) is 78.5 Å². The van der Waals surface area contributed by atoms with E-state index < -0.39 is 10.0 Å². The molecule has 2 fully saturated rings. The molecule has 2 unspecified atom stereocenters. The first-order chi connectivity index (χ1) is 12.4. The molecule has 0 aromatic heterocycles. The van der Waals surface area contributed by atoms with E-state index in [9.17, 15) is 13.2 Å². The van der Waals surface area contributed by atoms with Gasteiger partial charge in [-0.15, -0.1) is 0 Å². The molecule has 0 spiro atoms. The fraction of sp³-hybridized carbons (Fsp3) is 0.632. The van der Waals surface area contributed by atoms with Crippen molar-refractivity contribution in [3.8, 4) is 0 Å². The summed E-state index contributed by atoms with van der Waals surface area (Å²) in [4.78, 5) is 12.7. The molecule has 144 valence electrons. The Morgan fingerprint density at radius 2 is 1.77 bits per heavy atom. The highest BCUT2D eigenvalue weighted by Crippen LogP contribution is 2.23. The Hall–Kier alpha value is -1.44. The smallest absolute Gasteiger partial charge is 0.251 e. The monoisotopic (exact) mass is 379 g/mol. The van der Waals surface area contributed by atoms with Crippen molar-refractivity contribution >= 4 is 15.9 Å². The Morgan fingerprint density at radius 3 is 2.38 bits per heavy atom. The normalized spacial score (nSPS) is 25.8. The predicted octanol–water partition coefficient (Wildman–Crippen LogP) is 1.98. The number of amides is 1. The lowest BCUT2D eigenvalue weighted by Gasteiger charge is -2.29. The summed E-state index contributed by atoms with van der Waals surface area (Å²) >= 11 is 0. The van der Waals surface area contributed by atoms with Gasteiger partial charge in [-0.1, -0.05) is 6.92 Å². The molecule has 7 heteroatoms. The number of hydrogen-bond donors (Lipinski definition) is 2. The van der Waals surface area contributed by atoms with Crippen LogP contribution in [-0.4, -0.2) is 50.3 Å². The molecule has 0 aliphatic carbocycles. The highest BCUT2D eigenvalue weighted by atomic mass is 32.2. The Balaban J connectivity index is 1.65. The van der Waals surface area contributed by atoms with Gasteiger partial charge in [-0.2, -0.15) is 4.31 Å². The quantitative estimate of drug-likeness (QED) is 0.838. The van der Waals surface area contributed by atoms with Gasteiger partial charge in [0.05, 0.1) is 4.90 Å². The van der Waals surface area contributed by atoms with E-state index in [-0.39, 0.29) is 16.8 Å². The third-order valence-electron chi connectivity index (χ3n) is 5.46. The molecule has 2 N–H and O–H groups in total. The summed E-state index contributed by atoms with van der Waals surface area (Å²) in [6.45, 7) is 6.30. The second kappa shape index (κ2) is 8.06. The number of sulfonamides is 1. The zero-order valence-corrected chi connectivity index (χ0v) is 16.4. The van der Waals surface area contributed by atoms with Crippen LogP contribution in [0.3, 0.4) is 0 Å². The van der Waals surface area contributed by atoms with E-state index in [1.807, 2.05) is 0 Å². The van der Waals surface area contributed by atoms with E-state index in [0.29, 0.717) is 30.6 Å². The van der Waals surface area contributed by atoms with E-state index in [4.69, 9.17) is 0 Å². The lowest BCUT2D eigenvalue weighted by atomic mass is 10.0. The van der Waals surface area contributed by atoms with Gasteiger partial charge in [0.15, 0.2) is 0 Å². The van der Waals surface area contributed by atoms with Crippen LogP contribution in [0.15, 0.2) is 29.2 Å². The molecule has 2 aliphatic rings. The van der Waals surface area contributed by atoms with Crippen molar-refractivity contribution in [2.75, 3.05) is 19.6 Å². The second-order valence-electron chi connectivity index (χ2n) is 7.66. The van der Waals surface area contributed by atoms with Gasteiger partial charge in [0.2, 0.25) is 10.0 Å². The minimum Gasteiger partial charge on any atom is -0.349 e. The van der Waals surface area contributed by atoms with Crippen molar-refractivity contribution < 1.29 is 13.2 Å². The van der Waals surface area contributed by atoms with Gasteiger partial charge >= 0.3 is 0 Å². The summed E-state index contributed by atoms with van der Waals surface area (Å²) in [7, 11) is -3.47. The Kier molecular flexibility index (Phi) is 5.99. The van der Waals surface area contributed by atoms with Crippen LogP contribution in [0, 0.1) is 5.92 Å². The van der Waals surface area contributed by atoms with Crippen molar-refractivity contribution in [1.82, 2.24) is 14.9 Å². The zero-order chi connectivity index (χ0) is 18.7. The SMILES string of the molecule is CC1CCN(S(=O)(=O)c2ccc(C(=O)NC3CCNC(C)C3)cc2)CC1. The lowest BCUT2D eigenvalue weighted by molar-refractivity contribution is 0.0925. The van der Waals surface area contributed by atoms with Crippen LogP contribution >= 0.6 is 0 Å². The number of rotatable bonds is 4. The Bertz CT molecular complexity index is 725. The Labute approximate surface area is 156 Å². The standard InChI is InChI=1S/C19H29N3O3S/c1-14-8-11-22(12-9-14)26(24,25)18-5-3-16(4-6-18)19(23)21-17-7-10-20-15(2)13-17/h3-6,14-15,17,20H,7-13H2,1-2H3,(H,21,23). The highest BCUT2D eigenvalue weighted by Gasteiger charge is 2.28. The third-order valence-corrected chi connectivity index (χ3v) is 7.37. The van der Waals surface area contributed by atoms with Gasteiger partial charge < -0.3 is 10.6 Å². The van der Waals surface area contributed by atoms with Gasteiger partial charge in [0.1, 0.15) is 0 Å². The summed E-state index contributed by atoms with van der Waals surface area (Å²) < 4.78 is 27.0. The summed E-state index contributed by atoms with van der Waals surface area (Å²) in [6, 6.07) is 6.88. The molecule has 0 bridgehead atoms. The second-order valence-corrected chi connectivity index (χ2v) is 9.60. The van der Waals surface area contributed by atoms with E-state index in [1.165, 1.54) is 0 Å². The maximum Gasteiger partial charge on any atom is 0.251 e. The number of nitrogens with zero attached hydrogens (tertiary/aromatic N) is 1. The van der Waals surface area contributed by atoms with Gasteiger partial charge in [-0.25, -0.2) is 8.42 Å². The molecule has 1 amide bonds. The predicted molar refractivity (Wildman–Crippen MR) is 102 cm³/mol. The first-order valence-electron chi connectivity index (χ1n) is 9.50. The molecule has 2 saturated heterocycles. The van der Waals surface area contributed by atoms with Crippen LogP contribution in [0.4, 0.5) is 0 Å².